The van der Waals surface area contributed by atoms with Crippen molar-refractivity contribution in [1.82, 2.24) is 5.32 Å². The highest BCUT2D eigenvalue weighted by Crippen LogP contribution is 2.19. The van der Waals surface area contributed by atoms with Crippen LogP contribution in [-0.2, 0) is 11.3 Å². The summed E-state index contributed by atoms with van der Waals surface area (Å²) in [5, 5.41) is 2.51. The molecule has 0 heterocycles. The van der Waals surface area contributed by atoms with Gasteiger partial charge in [-0.3, -0.25) is 4.79 Å². The Balaban J connectivity index is 2.61. The molecule has 0 aliphatic rings. The standard InChI is InChI=1S/C10H12F2N2O/c11-10(12)8-3-1-2-7(4-8)6-14-9(15)5-13/h1-4,10H,5-6,13H2,(H,14,15). The molecule has 15 heavy (non-hydrogen) atoms. The van der Waals surface area contributed by atoms with Crippen molar-refractivity contribution in [3.05, 3.63) is 35.4 Å². The second kappa shape index (κ2) is 5.41. The van der Waals surface area contributed by atoms with E-state index in [9.17, 15) is 13.6 Å². The minimum Gasteiger partial charge on any atom is -0.351 e. The molecule has 82 valence electrons. The summed E-state index contributed by atoms with van der Waals surface area (Å²) in [6.07, 6.45) is -2.49. The largest absolute Gasteiger partial charge is 0.351 e. The molecule has 0 saturated carbocycles. The zero-order valence-corrected chi connectivity index (χ0v) is 8.04. The molecule has 0 radical (unpaired) electrons. The van der Waals surface area contributed by atoms with Crippen molar-refractivity contribution < 1.29 is 13.6 Å². The van der Waals surface area contributed by atoms with Gasteiger partial charge >= 0.3 is 0 Å². The van der Waals surface area contributed by atoms with E-state index in [4.69, 9.17) is 5.73 Å². The molecule has 0 bridgehead atoms. The van der Waals surface area contributed by atoms with Gasteiger partial charge in [-0.1, -0.05) is 18.2 Å². The number of benzene rings is 1. The van der Waals surface area contributed by atoms with E-state index < -0.39 is 6.43 Å². The van der Waals surface area contributed by atoms with Crippen LogP contribution in [0.15, 0.2) is 24.3 Å². The van der Waals surface area contributed by atoms with Gasteiger partial charge in [0, 0.05) is 12.1 Å². The number of carbonyl (C=O) groups excluding carboxylic acids is 1. The van der Waals surface area contributed by atoms with Crippen molar-refractivity contribution in [2.24, 2.45) is 5.73 Å². The van der Waals surface area contributed by atoms with Gasteiger partial charge in [0.1, 0.15) is 0 Å². The second-order valence-corrected chi connectivity index (χ2v) is 3.03. The predicted molar refractivity (Wildman–Crippen MR) is 52.3 cm³/mol. The highest BCUT2D eigenvalue weighted by molar-refractivity contribution is 5.77. The van der Waals surface area contributed by atoms with Gasteiger partial charge in [-0.05, 0) is 11.6 Å². The van der Waals surface area contributed by atoms with Crippen molar-refractivity contribution in [3.8, 4) is 0 Å². The van der Waals surface area contributed by atoms with Crippen LogP contribution in [0.3, 0.4) is 0 Å². The van der Waals surface area contributed by atoms with Crippen LogP contribution in [0.2, 0.25) is 0 Å². The minimum absolute atomic E-state index is 0.0468. The Hall–Kier alpha value is -1.49. The summed E-state index contributed by atoms with van der Waals surface area (Å²) in [5.41, 5.74) is 5.67. The maximum atomic E-state index is 12.3. The predicted octanol–water partition coefficient (Wildman–Crippen LogP) is 1.20. The zero-order valence-electron chi connectivity index (χ0n) is 8.04. The van der Waals surface area contributed by atoms with E-state index in [-0.39, 0.29) is 24.6 Å². The number of halogens is 2. The summed E-state index contributed by atoms with van der Waals surface area (Å²) in [4.78, 5) is 10.8. The lowest BCUT2D eigenvalue weighted by Gasteiger charge is -2.05. The van der Waals surface area contributed by atoms with E-state index in [1.807, 2.05) is 0 Å². The average Bonchev–Trinajstić information content (AvgIpc) is 2.26. The molecule has 1 rings (SSSR count). The van der Waals surface area contributed by atoms with Crippen LogP contribution in [0.5, 0.6) is 0 Å². The van der Waals surface area contributed by atoms with Crippen molar-refractivity contribution in [3.63, 3.8) is 0 Å². The van der Waals surface area contributed by atoms with Gasteiger partial charge in [-0.25, -0.2) is 8.78 Å². The third-order valence-corrected chi connectivity index (χ3v) is 1.88. The topological polar surface area (TPSA) is 55.1 Å². The van der Waals surface area contributed by atoms with Gasteiger partial charge in [0.2, 0.25) is 5.91 Å². The van der Waals surface area contributed by atoms with Crippen LogP contribution in [-0.4, -0.2) is 12.5 Å². The van der Waals surface area contributed by atoms with E-state index >= 15 is 0 Å². The van der Waals surface area contributed by atoms with E-state index in [2.05, 4.69) is 5.32 Å². The lowest BCUT2D eigenvalue weighted by molar-refractivity contribution is -0.119. The van der Waals surface area contributed by atoms with Crippen molar-refractivity contribution in [2.45, 2.75) is 13.0 Å². The summed E-state index contributed by atoms with van der Waals surface area (Å²) >= 11 is 0. The van der Waals surface area contributed by atoms with E-state index in [0.29, 0.717) is 5.56 Å². The summed E-state index contributed by atoms with van der Waals surface area (Å²) < 4.78 is 24.6. The summed E-state index contributed by atoms with van der Waals surface area (Å²) in [5.74, 6) is -0.308. The van der Waals surface area contributed by atoms with Gasteiger partial charge in [0.15, 0.2) is 0 Å². The van der Waals surface area contributed by atoms with Crippen molar-refractivity contribution >= 4 is 5.91 Å². The molecule has 0 unspecified atom stereocenters. The number of alkyl halides is 2. The molecule has 0 aliphatic heterocycles. The lowest BCUT2D eigenvalue weighted by Crippen LogP contribution is -2.29. The molecule has 0 fully saturated rings. The summed E-state index contributed by atoms with van der Waals surface area (Å²) in [6, 6.07) is 5.91. The number of carbonyl (C=O) groups is 1. The smallest absolute Gasteiger partial charge is 0.263 e. The third kappa shape index (κ3) is 3.63. The van der Waals surface area contributed by atoms with Gasteiger partial charge < -0.3 is 11.1 Å². The molecular weight excluding hydrogens is 202 g/mol. The van der Waals surface area contributed by atoms with Crippen molar-refractivity contribution in [1.29, 1.82) is 0 Å². The quantitative estimate of drug-likeness (QED) is 0.791. The minimum atomic E-state index is -2.49. The molecule has 3 nitrogen and oxygen atoms in total. The van der Waals surface area contributed by atoms with E-state index in [0.717, 1.165) is 0 Å². The Kier molecular flexibility index (Phi) is 4.17. The Morgan fingerprint density at radius 1 is 1.47 bits per heavy atom. The second-order valence-electron chi connectivity index (χ2n) is 3.03. The van der Waals surface area contributed by atoms with E-state index in [1.165, 1.54) is 18.2 Å². The Labute approximate surface area is 86.3 Å². The van der Waals surface area contributed by atoms with Crippen LogP contribution in [0.4, 0.5) is 8.78 Å². The number of hydrogen-bond donors (Lipinski definition) is 2. The maximum Gasteiger partial charge on any atom is 0.263 e. The molecule has 0 saturated heterocycles. The van der Waals surface area contributed by atoms with Crippen molar-refractivity contribution in [2.75, 3.05) is 6.54 Å². The number of nitrogens with one attached hydrogen (secondary N) is 1. The van der Waals surface area contributed by atoms with Crippen LogP contribution >= 0.6 is 0 Å². The monoisotopic (exact) mass is 214 g/mol. The number of amides is 1. The number of rotatable bonds is 4. The first kappa shape index (κ1) is 11.6. The first-order chi connectivity index (χ1) is 7.13. The molecule has 1 aromatic carbocycles. The number of hydrogen-bond acceptors (Lipinski definition) is 2. The fourth-order valence-electron chi connectivity index (χ4n) is 1.11. The molecule has 0 atom stereocenters. The zero-order chi connectivity index (χ0) is 11.3. The maximum absolute atomic E-state index is 12.3. The lowest BCUT2D eigenvalue weighted by atomic mass is 10.1. The Morgan fingerprint density at radius 3 is 2.80 bits per heavy atom. The molecule has 3 N–H and O–H groups in total. The fourth-order valence-corrected chi connectivity index (χ4v) is 1.11. The molecule has 1 aromatic rings. The Bertz CT molecular complexity index is 342. The highest BCUT2D eigenvalue weighted by Gasteiger charge is 2.07. The summed E-state index contributed by atoms with van der Waals surface area (Å²) in [7, 11) is 0. The molecule has 0 spiro atoms. The van der Waals surface area contributed by atoms with Gasteiger partial charge in [-0.2, -0.15) is 0 Å². The van der Waals surface area contributed by atoms with Crippen LogP contribution in [0.1, 0.15) is 17.6 Å². The van der Waals surface area contributed by atoms with Gasteiger partial charge in [-0.15, -0.1) is 0 Å². The average molecular weight is 214 g/mol. The number of nitrogens with two attached hydrogens (primary N) is 1. The first-order valence-electron chi connectivity index (χ1n) is 4.47. The first-order valence-corrected chi connectivity index (χ1v) is 4.47. The Morgan fingerprint density at radius 2 is 2.20 bits per heavy atom. The molecule has 0 aliphatic carbocycles. The van der Waals surface area contributed by atoms with Crippen LogP contribution < -0.4 is 11.1 Å². The molecule has 1 amide bonds. The molecule has 0 aromatic heterocycles. The fraction of sp³-hybridized carbons (Fsp3) is 0.300. The highest BCUT2D eigenvalue weighted by atomic mass is 19.3. The SMILES string of the molecule is NCC(=O)NCc1cccc(C(F)F)c1. The van der Waals surface area contributed by atoms with Crippen LogP contribution in [0.25, 0.3) is 0 Å². The van der Waals surface area contributed by atoms with Gasteiger partial charge in [0.25, 0.3) is 6.43 Å². The molecular formula is C10H12F2N2O. The third-order valence-electron chi connectivity index (χ3n) is 1.88. The summed E-state index contributed by atoms with van der Waals surface area (Å²) in [6.45, 7) is 0.116. The normalized spacial score (nSPS) is 10.4. The van der Waals surface area contributed by atoms with E-state index in [1.54, 1.807) is 6.07 Å². The molecule has 5 heteroatoms. The van der Waals surface area contributed by atoms with Gasteiger partial charge in [0.05, 0.1) is 6.54 Å². The van der Waals surface area contributed by atoms with Crippen LogP contribution in [0, 0.1) is 0 Å².